The summed E-state index contributed by atoms with van der Waals surface area (Å²) >= 11 is 11.4. The molecule has 1 N–H and O–H groups in total. The van der Waals surface area contributed by atoms with E-state index >= 15 is 0 Å². The van der Waals surface area contributed by atoms with Gasteiger partial charge in [0, 0.05) is 6.20 Å². The summed E-state index contributed by atoms with van der Waals surface area (Å²) < 4.78 is 41.7. The van der Waals surface area contributed by atoms with Crippen molar-refractivity contribution in [1.82, 2.24) is 19.5 Å². The van der Waals surface area contributed by atoms with Gasteiger partial charge in [0.15, 0.2) is 5.03 Å². The molecule has 2 heterocycles. The fourth-order valence-electron chi connectivity index (χ4n) is 1.84. The van der Waals surface area contributed by atoms with Gasteiger partial charge in [-0.05, 0) is 24.3 Å². The SMILES string of the molecule is O=S(=O)(Nc1ccc(F)c(Cl)c1)c1cncn1-c1nccc(Cl)n1. The molecule has 0 unspecified atom stereocenters. The predicted molar refractivity (Wildman–Crippen MR) is 86.4 cm³/mol. The Morgan fingerprint density at radius 1 is 1.21 bits per heavy atom. The summed E-state index contributed by atoms with van der Waals surface area (Å²) in [7, 11) is -4.04. The molecule has 1 aromatic carbocycles. The minimum Gasteiger partial charge on any atom is -0.278 e. The van der Waals surface area contributed by atoms with Crippen molar-refractivity contribution in [2.45, 2.75) is 5.03 Å². The maximum Gasteiger partial charge on any atom is 0.279 e. The van der Waals surface area contributed by atoms with Gasteiger partial charge in [-0.1, -0.05) is 23.2 Å². The topological polar surface area (TPSA) is 89.8 Å². The fraction of sp³-hybridized carbons (Fsp3) is 0. The Bertz CT molecular complexity index is 1010. The third kappa shape index (κ3) is 3.32. The second-order valence-electron chi connectivity index (χ2n) is 4.52. The predicted octanol–water partition coefficient (Wildman–Crippen LogP) is 2.91. The monoisotopic (exact) mass is 387 g/mol. The van der Waals surface area contributed by atoms with Crippen LogP contribution in [-0.4, -0.2) is 27.9 Å². The van der Waals surface area contributed by atoms with Gasteiger partial charge < -0.3 is 0 Å². The Kier molecular flexibility index (Phi) is 4.39. The number of aromatic nitrogens is 4. The van der Waals surface area contributed by atoms with Crippen LogP contribution in [0.1, 0.15) is 0 Å². The molecule has 24 heavy (non-hydrogen) atoms. The summed E-state index contributed by atoms with van der Waals surface area (Å²) in [4.78, 5) is 11.7. The maximum absolute atomic E-state index is 13.2. The second kappa shape index (κ2) is 6.34. The molecule has 11 heteroatoms. The van der Waals surface area contributed by atoms with Gasteiger partial charge in [-0.15, -0.1) is 0 Å². The summed E-state index contributed by atoms with van der Waals surface area (Å²) in [6.07, 6.45) is 3.74. The molecule has 0 fully saturated rings. The lowest BCUT2D eigenvalue weighted by Gasteiger charge is -2.10. The van der Waals surface area contributed by atoms with E-state index < -0.39 is 15.8 Å². The van der Waals surface area contributed by atoms with Crippen molar-refractivity contribution in [2.75, 3.05) is 4.72 Å². The normalized spacial score (nSPS) is 11.5. The summed E-state index contributed by atoms with van der Waals surface area (Å²) in [5.74, 6) is -0.616. The third-order valence-corrected chi connectivity index (χ3v) is 4.73. The van der Waals surface area contributed by atoms with Gasteiger partial charge in [-0.3, -0.25) is 9.29 Å². The first-order chi connectivity index (χ1) is 11.4. The minimum atomic E-state index is -4.04. The Balaban J connectivity index is 1.99. The number of nitrogens with zero attached hydrogens (tertiary/aromatic N) is 4. The lowest BCUT2D eigenvalue weighted by Crippen LogP contribution is -2.17. The standard InChI is InChI=1S/C13H8Cl2FN5O2S/c14-9-5-8(1-2-10(9)16)20-24(22,23)12-6-17-7-21(12)13-18-4-3-11(15)19-13/h1-7,20H. The average molecular weight is 388 g/mol. The molecule has 0 aliphatic rings. The minimum absolute atomic E-state index is 0.0394. The highest BCUT2D eigenvalue weighted by atomic mass is 35.5. The van der Waals surface area contributed by atoms with E-state index in [9.17, 15) is 12.8 Å². The highest BCUT2D eigenvalue weighted by molar-refractivity contribution is 7.92. The Morgan fingerprint density at radius 3 is 2.71 bits per heavy atom. The summed E-state index contributed by atoms with van der Waals surface area (Å²) in [6.45, 7) is 0. The zero-order valence-corrected chi connectivity index (χ0v) is 14.0. The molecule has 7 nitrogen and oxygen atoms in total. The van der Waals surface area contributed by atoms with Gasteiger partial charge in [0.25, 0.3) is 10.0 Å². The first kappa shape index (κ1) is 16.6. The number of anilines is 1. The van der Waals surface area contributed by atoms with Crippen LogP contribution in [0.4, 0.5) is 10.1 Å². The van der Waals surface area contributed by atoms with E-state index in [-0.39, 0.29) is 26.8 Å². The number of rotatable bonds is 4. The third-order valence-electron chi connectivity index (χ3n) is 2.88. The number of halogens is 3. The molecule has 0 bridgehead atoms. The molecule has 0 saturated heterocycles. The molecule has 124 valence electrons. The fourth-order valence-corrected chi connectivity index (χ4v) is 3.28. The van der Waals surface area contributed by atoms with E-state index in [4.69, 9.17) is 23.2 Å². The molecule has 3 rings (SSSR count). The molecule has 0 amide bonds. The molecular formula is C13H8Cl2FN5O2S. The smallest absolute Gasteiger partial charge is 0.278 e. The summed E-state index contributed by atoms with van der Waals surface area (Å²) in [5.41, 5.74) is 0.0983. The van der Waals surface area contributed by atoms with Crippen LogP contribution in [0.15, 0.2) is 48.0 Å². The zero-order chi connectivity index (χ0) is 17.3. The van der Waals surface area contributed by atoms with Gasteiger partial charge in [0.2, 0.25) is 5.95 Å². The van der Waals surface area contributed by atoms with E-state index in [1.807, 2.05) is 0 Å². The van der Waals surface area contributed by atoms with Crippen LogP contribution < -0.4 is 4.72 Å². The zero-order valence-electron chi connectivity index (χ0n) is 11.7. The number of nitrogens with one attached hydrogen (secondary N) is 1. The molecule has 0 saturated carbocycles. The van der Waals surface area contributed by atoms with Crippen LogP contribution in [0.5, 0.6) is 0 Å². The highest BCUT2D eigenvalue weighted by Gasteiger charge is 2.22. The van der Waals surface area contributed by atoms with Gasteiger partial charge in [0.1, 0.15) is 17.3 Å². The van der Waals surface area contributed by atoms with Gasteiger partial charge in [0.05, 0.1) is 16.9 Å². The van der Waals surface area contributed by atoms with Crippen LogP contribution in [-0.2, 0) is 10.0 Å². The Labute approximate surface area is 146 Å². The lowest BCUT2D eigenvalue weighted by molar-refractivity contribution is 0.593. The van der Waals surface area contributed by atoms with Crippen molar-refractivity contribution >= 4 is 38.9 Å². The van der Waals surface area contributed by atoms with Crippen LogP contribution >= 0.6 is 23.2 Å². The van der Waals surface area contributed by atoms with Crippen molar-refractivity contribution in [1.29, 1.82) is 0 Å². The first-order valence-corrected chi connectivity index (χ1v) is 8.60. The quantitative estimate of drug-likeness (QED) is 0.695. The van der Waals surface area contributed by atoms with Crippen molar-refractivity contribution < 1.29 is 12.8 Å². The maximum atomic E-state index is 13.2. The highest BCUT2D eigenvalue weighted by Crippen LogP contribution is 2.23. The number of hydrogen-bond donors (Lipinski definition) is 1. The number of imidazole rings is 1. The van der Waals surface area contributed by atoms with Gasteiger partial charge >= 0.3 is 0 Å². The molecule has 3 aromatic rings. The van der Waals surface area contributed by atoms with E-state index in [2.05, 4.69) is 19.7 Å². The largest absolute Gasteiger partial charge is 0.279 e. The number of benzene rings is 1. The first-order valence-electron chi connectivity index (χ1n) is 6.36. The average Bonchev–Trinajstić information content (AvgIpc) is 3.01. The van der Waals surface area contributed by atoms with Crippen molar-refractivity contribution in [3.8, 4) is 5.95 Å². The summed E-state index contributed by atoms with van der Waals surface area (Å²) in [6, 6.07) is 4.91. The van der Waals surface area contributed by atoms with E-state index in [1.54, 1.807) is 0 Å². The molecule has 0 spiro atoms. The summed E-state index contributed by atoms with van der Waals surface area (Å²) in [5, 5.41) is -0.276. The van der Waals surface area contributed by atoms with Crippen LogP contribution in [0.3, 0.4) is 0 Å². The van der Waals surface area contributed by atoms with E-state index in [1.165, 1.54) is 24.7 Å². The molecule has 0 atom stereocenters. The van der Waals surface area contributed by atoms with Crippen LogP contribution in [0, 0.1) is 5.82 Å². The van der Waals surface area contributed by atoms with E-state index in [0.29, 0.717) is 0 Å². The number of sulfonamides is 1. The van der Waals surface area contributed by atoms with Gasteiger partial charge in [-0.2, -0.15) is 8.42 Å². The second-order valence-corrected chi connectivity index (χ2v) is 6.94. The molecule has 0 radical (unpaired) electrons. The lowest BCUT2D eigenvalue weighted by atomic mass is 10.3. The molecule has 0 aliphatic carbocycles. The Hall–Kier alpha value is -2.23. The van der Waals surface area contributed by atoms with Crippen LogP contribution in [0.2, 0.25) is 10.2 Å². The van der Waals surface area contributed by atoms with Crippen LogP contribution in [0.25, 0.3) is 5.95 Å². The molecular weight excluding hydrogens is 380 g/mol. The Morgan fingerprint density at radius 2 is 2.00 bits per heavy atom. The van der Waals surface area contributed by atoms with E-state index in [0.717, 1.165) is 22.9 Å². The number of hydrogen-bond acceptors (Lipinski definition) is 5. The van der Waals surface area contributed by atoms with Crippen molar-refractivity contribution in [3.05, 3.63) is 59.0 Å². The van der Waals surface area contributed by atoms with Crippen molar-refractivity contribution in [2.24, 2.45) is 0 Å². The molecule has 0 aliphatic heterocycles. The molecule has 2 aromatic heterocycles. The van der Waals surface area contributed by atoms with Gasteiger partial charge in [-0.25, -0.2) is 19.3 Å². The van der Waals surface area contributed by atoms with Crippen molar-refractivity contribution in [3.63, 3.8) is 0 Å².